The highest BCUT2D eigenvalue weighted by molar-refractivity contribution is 6.10. The van der Waals surface area contributed by atoms with Crippen LogP contribution in [0.4, 0.5) is 5.69 Å². The van der Waals surface area contributed by atoms with E-state index in [1.165, 1.54) is 18.2 Å². The number of carbonyl (C=O) groups excluding carboxylic acids is 1. The molecule has 0 amide bonds. The van der Waals surface area contributed by atoms with Gasteiger partial charge in [-0.2, -0.15) is 15.6 Å². The number of hydrazone groups is 1. The average molecular weight is 244 g/mol. The Kier molecular flexibility index (Phi) is 4.24. The van der Waals surface area contributed by atoms with Crippen LogP contribution in [0.25, 0.3) is 0 Å². The molecule has 0 radical (unpaired) electrons. The van der Waals surface area contributed by atoms with Gasteiger partial charge < -0.3 is 9.84 Å². The zero-order valence-corrected chi connectivity index (χ0v) is 9.34. The first-order valence-electron chi connectivity index (χ1n) is 4.68. The topological polar surface area (TPSA) is 118 Å². The molecule has 0 aliphatic rings. The predicted octanol–water partition coefficient (Wildman–Crippen LogP) is 0.994. The van der Waals surface area contributed by atoms with Crippen molar-refractivity contribution in [2.24, 2.45) is 5.10 Å². The summed E-state index contributed by atoms with van der Waals surface area (Å²) in [6.45, 7) is 0. The Hall–Kier alpha value is -3.06. The van der Waals surface area contributed by atoms with Crippen LogP contribution in [0.3, 0.4) is 0 Å². The van der Waals surface area contributed by atoms with Crippen LogP contribution in [-0.2, 0) is 4.74 Å². The van der Waals surface area contributed by atoms with Crippen molar-refractivity contribution in [3.05, 3.63) is 23.8 Å². The van der Waals surface area contributed by atoms with Crippen molar-refractivity contribution in [3.8, 4) is 17.9 Å². The third-order valence-corrected chi connectivity index (χ3v) is 1.93. The van der Waals surface area contributed by atoms with Gasteiger partial charge >= 0.3 is 5.97 Å². The maximum atomic E-state index is 11.4. The van der Waals surface area contributed by atoms with Gasteiger partial charge in [0.25, 0.3) is 0 Å². The smallest absolute Gasteiger partial charge is 0.343 e. The van der Waals surface area contributed by atoms with Gasteiger partial charge in [-0.25, -0.2) is 4.79 Å². The molecule has 90 valence electrons. The Labute approximate surface area is 103 Å². The quantitative estimate of drug-likeness (QED) is 0.465. The fraction of sp³-hybridized carbons (Fsp3) is 0.0909. The van der Waals surface area contributed by atoms with E-state index in [-0.39, 0.29) is 17.0 Å². The highest BCUT2D eigenvalue weighted by atomic mass is 16.5. The summed E-state index contributed by atoms with van der Waals surface area (Å²) >= 11 is 0. The molecule has 7 heteroatoms. The SMILES string of the molecule is COC(=O)c1c(O)cccc1NN=C(C#N)C#N. The first-order valence-corrected chi connectivity index (χ1v) is 4.68. The summed E-state index contributed by atoms with van der Waals surface area (Å²) in [5.41, 5.74) is 1.95. The normalized spacial score (nSPS) is 8.61. The van der Waals surface area contributed by atoms with Crippen molar-refractivity contribution in [1.29, 1.82) is 10.5 Å². The number of nitriles is 2. The molecule has 0 unspecified atom stereocenters. The molecule has 0 saturated heterocycles. The van der Waals surface area contributed by atoms with Gasteiger partial charge in [0.15, 0.2) is 0 Å². The number of anilines is 1. The van der Waals surface area contributed by atoms with Crippen LogP contribution in [0.5, 0.6) is 5.75 Å². The summed E-state index contributed by atoms with van der Waals surface area (Å²) in [7, 11) is 1.16. The summed E-state index contributed by atoms with van der Waals surface area (Å²) < 4.78 is 4.50. The summed E-state index contributed by atoms with van der Waals surface area (Å²) in [5, 5.41) is 30.0. The van der Waals surface area contributed by atoms with Crippen LogP contribution in [-0.4, -0.2) is 23.9 Å². The number of hydrogen-bond acceptors (Lipinski definition) is 7. The van der Waals surface area contributed by atoms with E-state index in [4.69, 9.17) is 10.5 Å². The lowest BCUT2D eigenvalue weighted by Crippen LogP contribution is -2.06. The largest absolute Gasteiger partial charge is 0.507 e. The summed E-state index contributed by atoms with van der Waals surface area (Å²) in [4.78, 5) is 11.4. The van der Waals surface area contributed by atoms with E-state index in [1.807, 2.05) is 0 Å². The Bertz CT molecular complexity index is 565. The van der Waals surface area contributed by atoms with Gasteiger partial charge in [-0.15, -0.1) is 0 Å². The number of ether oxygens (including phenoxy) is 1. The lowest BCUT2D eigenvalue weighted by atomic mass is 10.1. The molecule has 0 fully saturated rings. The Morgan fingerprint density at radius 1 is 1.44 bits per heavy atom. The van der Waals surface area contributed by atoms with Crippen molar-refractivity contribution in [2.75, 3.05) is 12.5 Å². The van der Waals surface area contributed by atoms with Crippen LogP contribution in [0.2, 0.25) is 0 Å². The fourth-order valence-electron chi connectivity index (χ4n) is 1.14. The molecular formula is C11H8N4O3. The molecular weight excluding hydrogens is 236 g/mol. The van der Waals surface area contributed by atoms with Crippen LogP contribution in [0.15, 0.2) is 23.3 Å². The average Bonchev–Trinajstić information content (AvgIpc) is 2.39. The first kappa shape index (κ1) is 13.0. The van der Waals surface area contributed by atoms with Gasteiger partial charge in [0.1, 0.15) is 23.5 Å². The van der Waals surface area contributed by atoms with Gasteiger partial charge in [-0.05, 0) is 12.1 Å². The van der Waals surface area contributed by atoms with Crippen LogP contribution < -0.4 is 5.43 Å². The molecule has 18 heavy (non-hydrogen) atoms. The fourth-order valence-corrected chi connectivity index (χ4v) is 1.14. The third-order valence-electron chi connectivity index (χ3n) is 1.93. The molecule has 0 atom stereocenters. The molecule has 0 spiro atoms. The molecule has 0 aromatic heterocycles. The number of benzene rings is 1. The number of nitrogens with zero attached hydrogens (tertiary/aromatic N) is 3. The highest BCUT2D eigenvalue weighted by Gasteiger charge is 2.16. The molecule has 1 aromatic carbocycles. The van der Waals surface area contributed by atoms with Crippen molar-refractivity contribution >= 4 is 17.4 Å². The van der Waals surface area contributed by atoms with Gasteiger partial charge in [-0.3, -0.25) is 5.43 Å². The Morgan fingerprint density at radius 2 is 2.11 bits per heavy atom. The van der Waals surface area contributed by atoms with Crippen molar-refractivity contribution in [1.82, 2.24) is 0 Å². The minimum atomic E-state index is -0.763. The number of phenols is 1. The molecule has 0 aliphatic carbocycles. The van der Waals surface area contributed by atoms with E-state index in [0.717, 1.165) is 7.11 Å². The second-order valence-electron chi connectivity index (χ2n) is 2.99. The molecule has 0 saturated carbocycles. The molecule has 2 N–H and O–H groups in total. The number of phenolic OH excluding ortho intramolecular Hbond substituents is 1. The number of carbonyl (C=O) groups is 1. The number of methoxy groups -OCH3 is 1. The minimum absolute atomic E-state index is 0.126. The van der Waals surface area contributed by atoms with E-state index >= 15 is 0 Å². The minimum Gasteiger partial charge on any atom is -0.507 e. The third kappa shape index (κ3) is 2.74. The van der Waals surface area contributed by atoms with Gasteiger partial charge in [0, 0.05) is 0 Å². The molecule has 0 aliphatic heterocycles. The second-order valence-corrected chi connectivity index (χ2v) is 2.99. The van der Waals surface area contributed by atoms with E-state index in [2.05, 4.69) is 15.3 Å². The number of nitrogens with one attached hydrogen (secondary N) is 1. The zero-order valence-electron chi connectivity index (χ0n) is 9.34. The lowest BCUT2D eigenvalue weighted by Gasteiger charge is -2.08. The van der Waals surface area contributed by atoms with E-state index in [9.17, 15) is 9.90 Å². The van der Waals surface area contributed by atoms with Crippen molar-refractivity contribution in [3.63, 3.8) is 0 Å². The summed E-state index contributed by atoms with van der Waals surface area (Å²) in [6, 6.07) is 7.31. The van der Waals surface area contributed by atoms with Crippen molar-refractivity contribution in [2.45, 2.75) is 0 Å². The van der Waals surface area contributed by atoms with E-state index in [0.29, 0.717) is 0 Å². The number of hydrogen-bond donors (Lipinski definition) is 2. The maximum Gasteiger partial charge on any atom is 0.343 e. The van der Waals surface area contributed by atoms with Gasteiger partial charge in [0.2, 0.25) is 5.71 Å². The predicted molar refractivity (Wildman–Crippen MR) is 61.7 cm³/mol. The number of esters is 1. The molecule has 1 aromatic rings. The highest BCUT2D eigenvalue weighted by Crippen LogP contribution is 2.26. The van der Waals surface area contributed by atoms with Gasteiger partial charge in [-0.1, -0.05) is 6.07 Å². The Balaban J connectivity index is 3.15. The summed E-state index contributed by atoms with van der Waals surface area (Å²) in [5.74, 6) is -1.06. The first-order chi connectivity index (χ1) is 8.63. The number of rotatable bonds is 3. The van der Waals surface area contributed by atoms with Crippen LogP contribution in [0.1, 0.15) is 10.4 Å². The molecule has 0 bridgehead atoms. The lowest BCUT2D eigenvalue weighted by molar-refractivity contribution is 0.0598. The van der Waals surface area contributed by atoms with Gasteiger partial charge in [0.05, 0.1) is 12.8 Å². The summed E-state index contributed by atoms with van der Waals surface area (Å²) in [6.07, 6.45) is 0. The standard InChI is InChI=1S/C11H8N4O3/c1-18-11(17)10-8(3-2-4-9(10)16)15-14-7(5-12)6-13/h2-4,15-16H,1H3. The monoisotopic (exact) mass is 244 g/mol. The maximum absolute atomic E-state index is 11.4. The van der Waals surface area contributed by atoms with E-state index < -0.39 is 11.7 Å². The van der Waals surface area contributed by atoms with Crippen molar-refractivity contribution < 1.29 is 14.6 Å². The molecule has 1 rings (SSSR count). The Morgan fingerprint density at radius 3 is 2.67 bits per heavy atom. The van der Waals surface area contributed by atoms with E-state index in [1.54, 1.807) is 12.1 Å². The van der Waals surface area contributed by atoms with Crippen LogP contribution in [0, 0.1) is 22.7 Å². The number of aromatic hydroxyl groups is 1. The van der Waals surface area contributed by atoms with Crippen LogP contribution >= 0.6 is 0 Å². The second kappa shape index (κ2) is 5.87. The molecule has 7 nitrogen and oxygen atoms in total. The molecule has 0 heterocycles. The zero-order chi connectivity index (χ0) is 13.5.